The number of rotatable bonds is 4. The van der Waals surface area contributed by atoms with Crippen molar-refractivity contribution < 1.29 is 5.11 Å². The molecule has 0 aromatic heterocycles. The van der Waals surface area contributed by atoms with Gasteiger partial charge in [0, 0.05) is 16.2 Å². The first kappa shape index (κ1) is 11.4. The molecule has 0 atom stereocenters. The zero-order chi connectivity index (χ0) is 10.9. The molecule has 1 N–H and O–H groups in total. The summed E-state index contributed by atoms with van der Waals surface area (Å²) in [6.45, 7) is 0. The van der Waals surface area contributed by atoms with Gasteiger partial charge in [0.05, 0.1) is 5.60 Å². The smallest absolute Gasteiger partial charge is 0.0690 e. The maximum atomic E-state index is 9.91. The van der Waals surface area contributed by atoms with Gasteiger partial charge in [0.1, 0.15) is 0 Å². The van der Waals surface area contributed by atoms with Crippen LogP contribution >= 0.6 is 23.5 Å². The van der Waals surface area contributed by atoms with Gasteiger partial charge in [-0.3, -0.25) is 0 Å². The first-order valence-corrected chi connectivity index (χ1v) is 7.55. The molecule has 1 nitrogen and oxygen atoms in total. The Labute approximate surface area is 99.7 Å². The van der Waals surface area contributed by atoms with E-state index in [4.69, 9.17) is 0 Å². The summed E-state index contributed by atoms with van der Waals surface area (Å²) >= 11 is 3.53. The Kier molecular flexibility index (Phi) is 3.33. The molecule has 0 radical (unpaired) electrons. The van der Waals surface area contributed by atoms with Crippen LogP contribution in [0.1, 0.15) is 18.4 Å². The van der Waals surface area contributed by atoms with Crippen LogP contribution in [0.4, 0.5) is 0 Å². The van der Waals surface area contributed by atoms with Crippen LogP contribution in [-0.2, 0) is 6.42 Å². The minimum atomic E-state index is -0.384. The van der Waals surface area contributed by atoms with Gasteiger partial charge in [-0.1, -0.05) is 6.07 Å². The Morgan fingerprint density at radius 3 is 2.53 bits per heavy atom. The first-order valence-electron chi connectivity index (χ1n) is 5.10. The normalized spacial score (nSPS) is 17.8. The maximum absolute atomic E-state index is 9.91. The van der Waals surface area contributed by atoms with E-state index in [1.807, 2.05) is 0 Å². The Morgan fingerprint density at radius 2 is 2.00 bits per heavy atom. The van der Waals surface area contributed by atoms with Gasteiger partial charge < -0.3 is 5.11 Å². The zero-order valence-corrected chi connectivity index (χ0v) is 10.8. The van der Waals surface area contributed by atoms with Gasteiger partial charge in [-0.05, 0) is 43.0 Å². The molecule has 3 heteroatoms. The number of benzene rings is 1. The van der Waals surface area contributed by atoms with Gasteiger partial charge in [0.25, 0.3) is 0 Å². The Bertz CT molecular complexity index is 359. The van der Waals surface area contributed by atoms with Gasteiger partial charge in [-0.25, -0.2) is 0 Å². The first-order chi connectivity index (χ1) is 7.17. The molecular weight excluding hydrogens is 224 g/mol. The van der Waals surface area contributed by atoms with Gasteiger partial charge in [-0.15, -0.1) is 23.5 Å². The molecule has 0 amide bonds. The summed E-state index contributed by atoms with van der Waals surface area (Å²) in [4.78, 5) is 2.60. The third kappa shape index (κ3) is 2.71. The van der Waals surface area contributed by atoms with Crippen molar-refractivity contribution >= 4 is 23.5 Å². The third-order valence-corrected chi connectivity index (χ3v) is 4.39. The topological polar surface area (TPSA) is 20.2 Å². The van der Waals surface area contributed by atoms with E-state index < -0.39 is 0 Å². The Hall–Kier alpha value is -0.120. The highest BCUT2D eigenvalue weighted by atomic mass is 32.2. The molecule has 0 heterocycles. The zero-order valence-electron chi connectivity index (χ0n) is 9.12. The second kappa shape index (κ2) is 4.40. The van der Waals surface area contributed by atoms with Crippen molar-refractivity contribution in [3.63, 3.8) is 0 Å². The molecule has 1 aliphatic carbocycles. The lowest BCUT2D eigenvalue weighted by molar-refractivity contribution is 0.150. The van der Waals surface area contributed by atoms with Gasteiger partial charge in [-0.2, -0.15) is 0 Å². The fourth-order valence-corrected chi connectivity index (χ4v) is 2.84. The van der Waals surface area contributed by atoms with E-state index in [1.165, 1.54) is 15.4 Å². The average Bonchev–Trinajstić information content (AvgIpc) is 2.97. The van der Waals surface area contributed by atoms with Crippen LogP contribution in [0, 0.1) is 0 Å². The lowest BCUT2D eigenvalue weighted by Crippen LogP contribution is -2.11. The predicted molar refractivity (Wildman–Crippen MR) is 67.9 cm³/mol. The number of hydrogen-bond acceptors (Lipinski definition) is 3. The molecule has 0 saturated heterocycles. The van der Waals surface area contributed by atoms with Crippen LogP contribution in [0.5, 0.6) is 0 Å². The molecule has 2 rings (SSSR count). The maximum Gasteiger partial charge on any atom is 0.0690 e. The molecule has 0 spiro atoms. The minimum absolute atomic E-state index is 0.384. The molecular formula is C12H16OS2. The lowest BCUT2D eigenvalue weighted by Gasteiger charge is -2.12. The van der Waals surface area contributed by atoms with E-state index in [1.54, 1.807) is 23.5 Å². The van der Waals surface area contributed by atoms with E-state index in [9.17, 15) is 5.11 Å². The number of aliphatic hydroxyl groups is 1. The molecule has 1 aromatic carbocycles. The highest BCUT2D eigenvalue weighted by Gasteiger charge is 2.40. The van der Waals surface area contributed by atoms with Crippen LogP contribution in [-0.4, -0.2) is 23.2 Å². The number of thioether (sulfide) groups is 2. The fourth-order valence-electron chi connectivity index (χ4n) is 1.67. The molecule has 1 fully saturated rings. The molecule has 1 aliphatic rings. The van der Waals surface area contributed by atoms with E-state index in [0.29, 0.717) is 0 Å². The molecule has 0 bridgehead atoms. The Morgan fingerprint density at radius 1 is 1.27 bits per heavy atom. The second-order valence-corrected chi connectivity index (χ2v) is 5.81. The van der Waals surface area contributed by atoms with Crippen molar-refractivity contribution in [3.8, 4) is 0 Å². The van der Waals surface area contributed by atoms with E-state index >= 15 is 0 Å². The summed E-state index contributed by atoms with van der Waals surface area (Å²) in [5, 5.41) is 9.91. The Balaban J connectivity index is 2.22. The van der Waals surface area contributed by atoms with Gasteiger partial charge in [0.15, 0.2) is 0 Å². The van der Waals surface area contributed by atoms with Gasteiger partial charge in [0.2, 0.25) is 0 Å². The average molecular weight is 240 g/mol. The summed E-state index contributed by atoms with van der Waals surface area (Å²) < 4.78 is 0. The van der Waals surface area contributed by atoms with Crippen LogP contribution < -0.4 is 0 Å². The highest BCUT2D eigenvalue weighted by Crippen LogP contribution is 2.40. The quantitative estimate of drug-likeness (QED) is 0.816. The summed E-state index contributed by atoms with van der Waals surface area (Å²) in [7, 11) is 0. The molecule has 82 valence electrons. The highest BCUT2D eigenvalue weighted by molar-refractivity contribution is 7.99. The van der Waals surface area contributed by atoms with E-state index in [0.717, 1.165) is 19.3 Å². The van der Waals surface area contributed by atoms with Crippen LogP contribution in [0.3, 0.4) is 0 Å². The van der Waals surface area contributed by atoms with E-state index in [-0.39, 0.29) is 5.60 Å². The molecule has 1 aromatic rings. The molecule has 0 unspecified atom stereocenters. The lowest BCUT2D eigenvalue weighted by atomic mass is 10.1. The third-order valence-electron chi connectivity index (χ3n) is 2.84. The second-order valence-electron chi connectivity index (χ2n) is 4.08. The van der Waals surface area contributed by atoms with Crippen molar-refractivity contribution in [1.29, 1.82) is 0 Å². The van der Waals surface area contributed by atoms with Crippen molar-refractivity contribution in [2.75, 3.05) is 12.5 Å². The minimum Gasteiger partial charge on any atom is -0.390 e. The number of hydrogen-bond donors (Lipinski definition) is 1. The van der Waals surface area contributed by atoms with Crippen molar-refractivity contribution in [3.05, 3.63) is 23.8 Å². The van der Waals surface area contributed by atoms with Crippen molar-refractivity contribution in [2.45, 2.75) is 34.7 Å². The van der Waals surface area contributed by atoms with Crippen LogP contribution in [0.15, 0.2) is 28.0 Å². The summed E-state index contributed by atoms with van der Waals surface area (Å²) in [5.41, 5.74) is 0.908. The van der Waals surface area contributed by atoms with E-state index in [2.05, 4.69) is 30.7 Å². The fraction of sp³-hybridized carbons (Fsp3) is 0.500. The van der Waals surface area contributed by atoms with Crippen LogP contribution in [0.25, 0.3) is 0 Å². The predicted octanol–water partition coefficient (Wildman–Crippen LogP) is 3.20. The van der Waals surface area contributed by atoms with Gasteiger partial charge >= 0.3 is 0 Å². The summed E-state index contributed by atoms with van der Waals surface area (Å²) in [6, 6.07) is 6.52. The SMILES string of the molecule is CSc1ccc(CC2(O)CC2)c(SC)c1. The molecule has 0 aliphatic heterocycles. The van der Waals surface area contributed by atoms with Crippen LogP contribution in [0.2, 0.25) is 0 Å². The molecule has 1 saturated carbocycles. The standard InChI is InChI=1S/C12H16OS2/c1-14-10-4-3-9(11(7-10)15-2)8-12(13)5-6-12/h3-4,7,13H,5-6,8H2,1-2H3. The monoisotopic (exact) mass is 240 g/mol. The van der Waals surface area contributed by atoms with Crippen molar-refractivity contribution in [1.82, 2.24) is 0 Å². The molecule has 15 heavy (non-hydrogen) atoms. The summed E-state index contributed by atoms with van der Waals surface area (Å²) in [5.74, 6) is 0. The van der Waals surface area contributed by atoms with Crippen molar-refractivity contribution in [2.24, 2.45) is 0 Å². The largest absolute Gasteiger partial charge is 0.390 e. The summed E-state index contributed by atoms with van der Waals surface area (Å²) in [6.07, 6.45) is 6.93.